The van der Waals surface area contributed by atoms with Gasteiger partial charge in [0, 0.05) is 11.1 Å². The molecule has 1 amide bonds. The quantitative estimate of drug-likeness (QED) is 0.765. The summed E-state index contributed by atoms with van der Waals surface area (Å²) in [5, 5.41) is 10.6. The van der Waals surface area contributed by atoms with Crippen LogP contribution in [0.1, 0.15) is 6.42 Å². The summed E-state index contributed by atoms with van der Waals surface area (Å²) >= 11 is 1.68. The molecule has 2 rings (SSSR count). The van der Waals surface area contributed by atoms with E-state index in [1.165, 1.54) is 0 Å². The smallest absolute Gasteiger partial charge is 0.241 e. The zero-order valence-electron chi connectivity index (χ0n) is 10.1. The number of hydrogen-bond acceptors (Lipinski definition) is 4. The Labute approximate surface area is 110 Å². The van der Waals surface area contributed by atoms with Crippen molar-refractivity contribution >= 4 is 34.3 Å². The Morgan fingerprint density at radius 2 is 2.44 bits per heavy atom. The Bertz CT molecular complexity index is 540. The molecule has 1 heterocycles. The van der Waals surface area contributed by atoms with E-state index in [0.29, 0.717) is 6.42 Å². The first-order chi connectivity index (χ1) is 8.70. The summed E-state index contributed by atoms with van der Waals surface area (Å²) in [6, 6.07) is 5.13. The fraction of sp³-hybridized carbons (Fsp3) is 0.333. The molecule has 0 aliphatic carbocycles. The number of H-pyrrole nitrogens is 1. The Balaban J connectivity index is 2.01. The summed E-state index contributed by atoms with van der Waals surface area (Å²) in [6.07, 6.45) is 4.40. The average Bonchev–Trinajstić information content (AvgIpc) is 2.83. The lowest BCUT2D eigenvalue weighted by Gasteiger charge is -2.11. The molecular formula is C12H16N4OS. The van der Waals surface area contributed by atoms with Gasteiger partial charge in [0.05, 0.1) is 17.8 Å². The highest BCUT2D eigenvalue weighted by atomic mass is 32.2. The normalized spacial score (nSPS) is 12.6. The molecule has 0 unspecified atom stereocenters. The number of fused-ring (bicyclic) bond motifs is 1. The number of carbonyl (C=O) groups is 1. The van der Waals surface area contributed by atoms with Gasteiger partial charge in [-0.15, -0.1) is 0 Å². The summed E-state index contributed by atoms with van der Waals surface area (Å²) < 4.78 is 0. The number of aromatic amines is 1. The van der Waals surface area contributed by atoms with Crippen LogP contribution in [0.15, 0.2) is 24.4 Å². The van der Waals surface area contributed by atoms with Crippen molar-refractivity contribution in [3.63, 3.8) is 0 Å². The minimum atomic E-state index is -0.461. The van der Waals surface area contributed by atoms with E-state index in [1.807, 2.05) is 24.5 Å². The van der Waals surface area contributed by atoms with Crippen LogP contribution >= 0.6 is 11.8 Å². The number of nitrogens with one attached hydrogen (secondary N) is 2. The monoisotopic (exact) mass is 264 g/mol. The second-order valence-electron chi connectivity index (χ2n) is 4.05. The SMILES string of the molecule is CSCC[C@@H](N)C(=O)Nc1ccc2[nH]ncc2c1. The van der Waals surface area contributed by atoms with Crippen molar-refractivity contribution < 1.29 is 4.79 Å². The molecule has 0 radical (unpaired) electrons. The van der Waals surface area contributed by atoms with Crippen LogP contribution in [0.2, 0.25) is 0 Å². The molecule has 1 aromatic carbocycles. The van der Waals surface area contributed by atoms with Gasteiger partial charge in [-0.2, -0.15) is 16.9 Å². The number of benzene rings is 1. The van der Waals surface area contributed by atoms with Crippen molar-refractivity contribution in [2.24, 2.45) is 5.73 Å². The summed E-state index contributed by atoms with van der Waals surface area (Å²) in [5.74, 6) is 0.738. The van der Waals surface area contributed by atoms with Gasteiger partial charge in [-0.25, -0.2) is 0 Å². The molecular weight excluding hydrogens is 248 g/mol. The lowest BCUT2D eigenvalue weighted by atomic mass is 10.2. The number of aromatic nitrogens is 2. The van der Waals surface area contributed by atoms with Crippen LogP contribution in [0.3, 0.4) is 0 Å². The second-order valence-corrected chi connectivity index (χ2v) is 5.03. The fourth-order valence-corrected chi connectivity index (χ4v) is 2.12. The number of thioether (sulfide) groups is 1. The predicted octanol–water partition coefficient (Wildman–Crippen LogP) is 1.58. The maximum absolute atomic E-state index is 11.8. The molecule has 0 aliphatic rings. The highest BCUT2D eigenvalue weighted by molar-refractivity contribution is 7.98. The predicted molar refractivity (Wildman–Crippen MR) is 75.7 cm³/mol. The van der Waals surface area contributed by atoms with Crippen LogP contribution < -0.4 is 11.1 Å². The van der Waals surface area contributed by atoms with Gasteiger partial charge in [0.25, 0.3) is 0 Å². The maximum Gasteiger partial charge on any atom is 0.241 e. The molecule has 96 valence electrons. The van der Waals surface area contributed by atoms with Gasteiger partial charge in [-0.3, -0.25) is 9.89 Å². The van der Waals surface area contributed by atoms with Crippen LogP contribution in [-0.2, 0) is 4.79 Å². The minimum Gasteiger partial charge on any atom is -0.325 e. The van der Waals surface area contributed by atoms with E-state index in [2.05, 4.69) is 15.5 Å². The molecule has 0 bridgehead atoms. The highest BCUT2D eigenvalue weighted by Gasteiger charge is 2.13. The summed E-state index contributed by atoms with van der Waals surface area (Å²) in [5.41, 5.74) is 7.49. The van der Waals surface area contributed by atoms with E-state index >= 15 is 0 Å². The topological polar surface area (TPSA) is 83.8 Å². The summed E-state index contributed by atoms with van der Waals surface area (Å²) in [7, 11) is 0. The van der Waals surface area contributed by atoms with Gasteiger partial charge < -0.3 is 11.1 Å². The Kier molecular flexibility index (Phi) is 4.22. The van der Waals surface area contributed by atoms with Gasteiger partial charge in [0.15, 0.2) is 0 Å². The molecule has 0 saturated heterocycles. The minimum absolute atomic E-state index is 0.146. The Morgan fingerprint density at radius 3 is 3.22 bits per heavy atom. The van der Waals surface area contributed by atoms with E-state index in [4.69, 9.17) is 5.73 Å². The number of anilines is 1. The van der Waals surface area contributed by atoms with Gasteiger partial charge in [0.2, 0.25) is 5.91 Å². The number of hydrogen-bond donors (Lipinski definition) is 3. The molecule has 0 fully saturated rings. The molecule has 5 nitrogen and oxygen atoms in total. The lowest BCUT2D eigenvalue weighted by molar-refractivity contribution is -0.117. The standard InChI is InChI=1S/C12H16N4OS/c1-18-5-4-10(13)12(17)15-9-2-3-11-8(6-9)7-14-16-11/h2-3,6-7,10H,4-5,13H2,1H3,(H,14,16)(H,15,17)/t10-/m1/s1. The first kappa shape index (κ1) is 12.9. The van der Waals surface area contributed by atoms with Crippen LogP contribution in [0.25, 0.3) is 10.9 Å². The molecule has 0 aliphatic heterocycles. The van der Waals surface area contributed by atoms with Gasteiger partial charge in [-0.1, -0.05) is 0 Å². The summed E-state index contributed by atoms with van der Waals surface area (Å²) in [6.45, 7) is 0. The molecule has 6 heteroatoms. The van der Waals surface area contributed by atoms with Crippen LogP contribution in [0.4, 0.5) is 5.69 Å². The third-order valence-electron chi connectivity index (χ3n) is 2.68. The average molecular weight is 264 g/mol. The lowest BCUT2D eigenvalue weighted by Crippen LogP contribution is -2.36. The number of nitrogens with two attached hydrogens (primary N) is 1. The van der Waals surface area contributed by atoms with Crippen molar-refractivity contribution in [2.75, 3.05) is 17.3 Å². The van der Waals surface area contributed by atoms with E-state index < -0.39 is 6.04 Å². The summed E-state index contributed by atoms with van der Waals surface area (Å²) in [4.78, 5) is 11.8. The third kappa shape index (κ3) is 3.02. The zero-order chi connectivity index (χ0) is 13.0. The van der Waals surface area contributed by atoms with Crippen molar-refractivity contribution in [1.29, 1.82) is 0 Å². The van der Waals surface area contributed by atoms with Crippen molar-refractivity contribution in [3.05, 3.63) is 24.4 Å². The van der Waals surface area contributed by atoms with Crippen LogP contribution in [0, 0.1) is 0 Å². The van der Waals surface area contributed by atoms with Crippen LogP contribution in [-0.4, -0.2) is 34.2 Å². The Morgan fingerprint density at radius 1 is 1.61 bits per heavy atom. The number of nitrogens with zero attached hydrogens (tertiary/aromatic N) is 1. The van der Waals surface area contributed by atoms with Gasteiger partial charge >= 0.3 is 0 Å². The maximum atomic E-state index is 11.8. The first-order valence-corrected chi connectivity index (χ1v) is 7.08. The number of rotatable bonds is 5. The van der Waals surface area contributed by atoms with E-state index in [-0.39, 0.29) is 5.91 Å². The highest BCUT2D eigenvalue weighted by Crippen LogP contribution is 2.16. The second kappa shape index (κ2) is 5.88. The molecule has 0 spiro atoms. The fourth-order valence-electron chi connectivity index (χ4n) is 1.63. The molecule has 1 atom stereocenters. The molecule has 18 heavy (non-hydrogen) atoms. The van der Waals surface area contributed by atoms with Crippen molar-refractivity contribution in [2.45, 2.75) is 12.5 Å². The van der Waals surface area contributed by atoms with Crippen molar-refractivity contribution in [1.82, 2.24) is 10.2 Å². The zero-order valence-corrected chi connectivity index (χ0v) is 11.0. The number of amides is 1. The van der Waals surface area contributed by atoms with E-state index in [0.717, 1.165) is 22.3 Å². The number of carbonyl (C=O) groups excluding carboxylic acids is 1. The van der Waals surface area contributed by atoms with Gasteiger partial charge in [-0.05, 0) is 36.6 Å². The van der Waals surface area contributed by atoms with E-state index in [1.54, 1.807) is 18.0 Å². The third-order valence-corrected chi connectivity index (χ3v) is 3.32. The molecule has 0 saturated carbocycles. The van der Waals surface area contributed by atoms with Crippen molar-refractivity contribution in [3.8, 4) is 0 Å². The molecule has 1 aromatic heterocycles. The van der Waals surface area contributed by atoms with E-state index in [9.17, 15) is 4.79 Å². The molecule has 2 aromatic rings. The molecule has 4 N–H and O–H groups in total. The largest absolute Gasteiger partial charge is 0.325 e. The Hall–Kier alpha value is -1.53. The van der Waals surface area contributed by atoms with Crippen LogP contribution in [0.5, 0.6) is 0 Å². The van der Waals surface area contributed by atoms with Gasteiger partial charge in [0.1, 0.15) is 0 Å². The first-order valence-electron chi connectivity index (χ1n) is 5.69.